The highest BCUT2D eigenvalue weighted by Crippen LogP contribution is 2.16. The van der Waals surface area contributed by atoms with Crippen LogP contribution in [-0.2, 0) is 4.79 Å². The fraction of sp³-hybridized carbons (Fsp3) is 0.462. The van der Waals surface area contributed by atoms with Crippen molar-refractivity contribution in [2.24, 2.45) is 5.41 Å². The highest BCUT2D eigenvalue weighted by molar-refractivity contribution is 6.30. The van der Waals surface area contributed by atoms with Gasteiger partial charge in [0.05, 0.1) is 6.54 Å². The van der Waals surface area contributed by atoms with E-state index in [0.717, 1.165) is 0 Å². The lowest BCUT2D eigenvalue weighted by molar-refractivity contribution is -0.128. The van der Waals surface area contributed by atoms with Crippen molar-refractivity contribution in [2.75, 3.05) is 13.2 Å². The molecule has 0 aliphatic rings. The molecule has 0 unspecified atom stereocenters. The van der Waals surface area contributed by atoms with Gasteiger partial charge < -0.3 is 10.1 Å². The van der Waals surface area contributed by atoms with Crippen LogP contribution in [0.2, 0.25) is 5.02 Å². The molecule has 0 aromatic heterocycles. The molecule has 1 rings (SSSR count). The van der Waals surface area contributed by atoms with Crippen molar-refractivity contribution in [3.8, 4) is 5.75 Å². The number of nitrogens with one attached hydrogen (secondary N) is 1. The van der Waals surface area contributed by atoms with Gasteiger partial charge in [0.1, 0.15) is 12.4 Å². The Morgan fingerprint density at radius 2 is 2.12 bits per heavy atom. The number of rotatable bonds is 4. The van der Waals surface area contributed by atoms with Crippen LogP contribution < -0.4 is 10.1 Å². The number of amides is 1. The first-order valence-corrected chi connectivity index (χ1v) is 5.94. The Balaban J connectivity index is 2.28. The second-order valence-corrected chi connectivity index (χ2v) is 5.25. The van der Waals surface area contributed by atoms with Gasteiger partial charge in [-0.2, -0.15) is 0 Å². The zero-order chi connectivity index (χ0) is 12.9. The number of ether oxygens (including phenoxy) is 1. The van der Waals surface area contributed by atoms with E-state index in [1.54, 1.807) is 12.1 Å². The molecule has 0 heterocycles. The summed E-state index contributed by atoms with van der Waals surface area (Å²) in [6, 6.07) is 7.19. The van der Waals surface area contributed by atoms with E-state index in [1.807, 2.05) is 32.9 Å². The summed E-state index contributed by atoms with van der Waals surface area (Å²) in [5.41, 5.74) is -0.365. The Morgan fingerprint density at radius 3 is 2.71 bits per heavy atom. The second kappa shape index (κ2) is 5.92. The molecule has 0 fully saturated rings. The zero-order valence-electron chi connectivity index (χ0n) is 10.4. The molecule has 0 saturated carbocycles. The van der Waals surface area contributed by atoms with Gasteiger partial charge in [-0.25, -0.2) is 0 Å². The standard InChI is InChI=1S/C13H18ClNO2/c1-13(2,3)12(16)15-7-8-17-11-6-4-5-10(14)9-11/h4-6,9H,7-8H2,1-3H3,(H,15,16). The summed E-state index contributed by atoms with van der Waals surface area (Å²) in [7, 11) is 0. The van der Waals surface area contributed by atoms with Gasteiger partial charge >= 0.3 is 0 Å². The van der Waals surface area contributed by atoms with Gasteiger partial charge in [-0.05, 0) is 18.2 Å². The summed E-state index contributed by atoms with van der Waals surface area (Å²) in [5.74, 6) is 0.731. The summed E-state index contributed by atoms with van der Waals surface area (Å²) in [6.07, 6.45) is 0. The maximum atomic E-state index is 11.5. The minimum Gasteiger partial charge on any atom is -0.492 e. The maximum absolute atomic E-state index is 11.5. The Morgan fingerprint density at radius 1 is 1.41 bits per heavy atom. The van der Waals surface area contributed by atoms with E-state index in [4.69, 9.17) is 16.3 Å². The first-order valence-electron chi connectivity index (χ1n) is 5.56. The van der Waals surface area contributed by atoms with Crippen molar-refractivity contribution in [3.05, 3.63) is 29.3 Å². The number of hydrogen-bond donors (Lipinski definition) is 1. The van der Waals surface area contributed by atoms with E-state index in [0.29, 0.717) is 23.9 Å². The largest absolute Gasteiger partial charge is 0.492 e. The molecule has 4 heteroatoms. The van der Waals surface area contributed by atoms with Crippen LogP contribution in [-0.4, -0.2) is 19.1 Å². The maximum Gasteiger partial charge on any atom is 0.225 e. The van der Waals surface area contributed by atoms with Gasteiger partial charge in [0.15, 0.2) is 0 Å². The fourth-order valence-corrected chi connectivity index (χ4v) is 1.34. The molecule has 0 aliphatic carbocycles. The van der Waals surface area contributed by atoms with Crippen molar-refractivity contribution in [1.82, 2.24) is 5.32 Å². The summed E-state index contributed by atoms with van der Waals surface area (Å²) in [6.45, 7) is 6.55. The highest BCUT2D eigenvalue weighted by Gasteiger charge is 2.20. The van der Waals surface area contributed by atoms with Gasteiger partial charge in [0.2, 0.25) is 5.91 Å². The van der Waals surface area contributed by atoms with Gasteiger partial charge in [-0.3, -0.25) is 4.79 Å². The van der Waals surface area contributed by atoms with Crippen LogP contribution in [0.4, 0.5) is 0 Å². The van der Waals surface area contributed by atoms with Crippen LogP contribution in [0.25, 0.3) is 0 Å². The molecule has 3 nitrogen and oxygen atoms in total. The van der Waals surface area contributed by atoms with Crippen molar-refractivity contribution < 1.29 is 9.53 Å². The molecule has 1 amide bonds. The van der Waals surface area contributed by atoms with Crippen LogP contribution in [0.5, 0.6) is 5.75 Å². The SMILES string of the molecule is CC(C)(C)C(=O)NCCOc1cccc(Cl)c1. The average Bonchev–Trinajstić information content (AvgIpc) is 2.23. The molecular weight excluding hydrogens is 238 g/mol. The Hall–Kier alpha value is -1.22. The number of carbonyl (C=O) groups is 1. The second-order valence-electron chi connectivity index (χ2n) is 4.81. The Labute approximate surface area is 107 Å². The third-order valence-electron chi connectivity index (χ3n) is 2.13. The topological polar surface area (TPSA) is 38.3 Å². The Kier molecular flexibility index (Phi) is 4.82. The molecule has 0 atom stereocenters. The minimum absolute atomic E-state index is 0.0206. The summed E-state index contributed by atoms with van der Waals surface area (Å²) >= 11 is 5.82. The quantitative estimate of drug-likeness (QED) is 0.841. The summed E-state index contributed by atoms with van der Waals surface area (Å²) < 4.78 is 5.45. The van der Waals surface area contributed by atoms with Gasteiger partial charge in [-0.15, -0.1) is 0 Å². The summed E-state index contributed by atoms with van der Waals surface area (Å²) in [4.78, 5) is 11.5. The first kappa shape index (κ1) is 13.8. The van der Waals surface area contributed by atoms with Crippen LogP contribution >= 0.6 is 11.6 Å². The Bertz CT molecular complexity index is 385. The van der Waals surface area contributed by atoms with Gasteiger partial charge in [-0.1, -0.05) is 38.4 Å². The number of benzene rings is 1. The molecule has 0 saturated heterocycles. The summed E-state index contributed by atoms with van der Waals surface area (Å²) in [5, 5.41) is 3.45. The van der Waals surface area contributed by atoms with Crippen molar-refractivity contribution in [3.63, 3.8) is 0 Å². The van der Waals surface area contributed by atoms with Crippen molar-refractivity contribution in [1.29, 1.82) is 0 Å². The van der Waals surface area contributed by atoms with Crippen LogP contribution in [0.3, 0.4) is 0 Å². The monoisotopic (exact) mass is 255 g/mol. The van der Waals surface area contributed by atoms with E-state index < -0.39 is 0 Å². The lowest BCUT2D eigenvalue weighted by Crippen LogP contribution is -2.37. The highest BCUT2D eigenvalue weighted by atomic mass is 35.5. The van der Waals surface area contributed by atoms with E-state index in [9.17, 15) is 4.79 Å². The van der Waals surface area contributed by atoms with E-state index in [-0.39, 0.29) is 11.3 Å². The molecule has 94 valence electrons. The number of halogens is 1. The lowest BCUT2D eigenvalue weighted by atomic mass is 9.96. The average molecular weight is 256 g/mol. The molecule has 0 bridgehead atoms. The zero-order valence-corrected chi connectivity index (χ0v) is 11.2. The van der Waals surface area contributed by atoms with E-state index >= 15 is 0 Å². The fourth-order valence-electron chi connectivity index (χ4n) is 1.16. The number of carbonyl (C=O) groups excluding carboxylic acids is 1. The third-order valence-corrected chi connectivity index (χ3v) is 2.37. The van der Waals surface area contributed by atoms with Crippen LogP contribution in [0.15, 0.2) is 24.3 Å². The smallest absolute Gasteiger partial charge is 0.225 e. The normalized spacial score (nSPS) is 11.1. The lowest BCUT2D eigenvalue weighted by Gasteiger charge is -2.17. The first-order chi connectivity index (χ1) is 7.89. The molecule has 1 aromatic carbocycles. The molecule has 1 aromatic rings. The molecule has 0 spiro atoms. The predicted molar refractivity (Wildman–Crippen MR) is 69.4 cm³/mol. The minimum atomic E-state index is -0.365. The third kappa shape index (κ3) is 5.09. The van der Waals surface area contributed by atoms with Crippen molar-refractivity contribution in [2.45, 2.75) is 20.8 Å². The molecule has 0 aliphatic heterocycles. The molecule has 17 heavy (non-hydrogen) atoms. The molecule has 1 N–H and O–H groups in total. The van der Waals surface area contributed by atoms with Crippen molar-refractivity contribution >= 4 is 17.5 Å². The molecule has 0 radical (unpaired) electrons. The van der Waals surface area contributed by atoms with Gasteiger partial charge in [0.25, 0.3) is 0 Å². The predicted octanol–water partition coefficient (Wildman–Crippen LogP) is 2.88. The van der Waals surface area contributed by atoms with E-state index in [1.165, 1.54) is 0 Å². The van der Waals surface area contributed by atoms with E-state index in [2.05, 4.69) is 5.32 Å². The van der Waals surface area contributed by atoms with Crippen LogP contribution in [0.1, 0.15) is 20.8 Å². The molecular formula is C13H18ClNO2. The van der Waals surface area contributed by atoms with Gasteiger partial charge in [0, 0.05) is 10.4 Å². The number of hydrogen-bond acceptors (Lipinski definition) is 2. The van der Waals surface area contributed by atoms with Crippen LogP contribution in [0, 0.1) is 5.41 Å².